The minimum atomic E-state index is -0.851. The minimum Gasteiger partial charge on any atom is -0.324 e. The van der Waals surface area contributed by atoms with E-state index in [-0.39, 0.29) is 11.6 Å². The van der Waals surface area contributed by atoms with E-state index in [1.165, 1.54) is 4.57 Å². The quantitative estimate of drug-likeness (QED) is 0.780. The van der Waals surface area contributed by atoms with E-state index in [2.05, 4.69) is 10.3 Å². The molecule has 0 bridgehead atoms. The molecule has 0 aliphatic carbocycles. The molecule has 0 unspecified atom stereocenters. The van der Waals surface area contributed by atoms with Gasteiger partial charge in [0.2, 0.25) is 5.91 Å². The molecule has 1 aromatic heterocycles. The Hall–Kier alpha value is -2.34. The lowest BCUT2D eigenvalue weighted by Gasteiger charge is -2.25. The van der Waals surface area contributed by atoms with Crippen LogP contribution in [-0.4, -0.2) is 21.0 Å². The van der Waals surface area contributed by atoms with Crippen molar-refractivity contribution in [2.24, 2.45) is 5.73 Å². The lowest BCUT2D eigenvalue weighted by molar-refractivity contribution is -0.121. The van der Waals surface area contributed by atoms with E-state index in [4.69, 9.17) is 5.73 Å². The minimum absolute atomic E-state index is 0.195. The average Bonchev–Trinajstić information content (AvgIpc) is 2.93. The first-order valence-corrected chi connectivity index (χ1v) is 6.97. The van der Waals surface area contributed by atoms with Crippen LogP contribution >= 0.6 is 0 Å². The van der Waals surface area contributed by atoms with Crippen LogP contribution in [0.25, 0.3) is 5.69 Å². The normalized spacial score (nSPS) is 11.4. The van der Waals surface area contributed by atoms with E-state index in [9.17, 15) is 9.59 Å². The van der Waals surface area contributed by atoms with Gasteiger partial charge in [0.25, 0.3) is 0 Å². The highest BCUT2D eigenvalue weighted by atomic mass is 16.2. The summed E-state index contributed by atoms with van der Waals surface area (Å²) in [5.74, 6) is -0.195. The van der Waals surface area contributed by atoms with Gasteiger partial charge in [0.05, 0.1) is 11.2 Å². The van der Waals surface area contributed by atoms with Gasteiger partial charge in [0.15, 0.2) is 0 Å². The lowest BCUT2D eigenvalue weighted by atomic mass is 9.93. The number of nitrogens with one attached hydrogen (secondary N) is 2. The number of carbonyl (C=O) groups excluding carboxylic acids is 1. The topological polar surface area (TPSA) is 92.9 Å². The van der Waals surface area contributed by atoms with Crippen LogP contribution in [0, 0.1) is 0 Å². The van der Waals surface area contributed by atoms with Crippen LogP contribution in [0.3, 0.4) is 0 Å². The summed E-state index contributed by atoms with van der Waals surface area (Å²) < 4.78 is 1.48. The number of amides is 1. The number of aromatic nitrogens is 2. The molecule has 0 spiro atoms. The van der Waals surface area contributed by atoms with Crippen molar-refractivity contribution >= 4 is 11.6 Å². The predicted molar refractivity (Wildman–Crippen MR) is 82.5 cm³/mol. The number of aromatic amines is 1. The number of nitrogens with zero attached hydrogens (tertiary/aromatic N) is 1. The molecule has 0 saturated carbocycles. The van der Waals surface area contributed by atoms with Crippen molar-refractivity contribution in [2.75, 3.05) is 5.32 Å². The molecule has 1 heterocycles. The fourth-order valence-electron chi connectivity index (χ4n) is 2.06. The zero-order valence-corrected chi connectivity index (χ0v) is 12.2. The Labute approximate surface area is 123 Å². The Morgan fingerprint density at radius 2 is 1.90 bits per heavy atom. The first-order chi connectivity index (χ1) is 10.00. The maximum atomic E-state index is 12.2. The van der Waals surface area contributed by atoms with Gasteiger partial charge in [0, 0.05) is 18.1 Å². The van der Waals surface area contributed by atoms with E-state index in [0.717, 1.165) is 5.69 Å². The second-order valence-electron chi connectivity index (χ2n) is 5.00. The van der Waals surface area contributed by atoms with Crippen molar-refractivity contribution in [3.05, 3.63) is 47.1 Å². The molecule has 0 radical (unpaired) electrons. The predicted octanol–water partition coefficient (Wildman–Crippen LogP) is 1.62. The van der Waals surface area contributed by atoms with Crippen LogP contribution in [-0.2, 0) is 4.79 Å². The smallest absolute Gasteiger partial charge is 0.324 e. The van der Waals surface area contributed by atoms with Crippen LogP contribution in [0.15, 0.2) is 41.5 Å². The van der Waals surface area contributed by atoms with Crippen molar-refractivity contribution in [1.29, 1.82) is 0 Å². The Bertz CT molecular complexity index is 665. The molecule has 112 valence electrons. The summed E-state index contributed by atoms with van der Waals surface area (Å²) in [5.41, 5.74) is 6.38. The molecule has 0 aliphatic rings. The highest BCUT2D eigenvalue weighted by Crippen LogP contribution is 2.17. The zero-order chi connectivity index (χ0) is 15.5. The molecule has 2 aromatic rings. The fraction of sp³-hybridized carbons (Fsp3) is 0.333. The Kier molecular flexibility index (Phi) is 4.28. The third-order valence-electron chi connectivity index (χ3n) is 3.77. The van der Waals surface area contributed by atoms with Crippen LogP contribution in [0.5, 0.6) is 0 Å². The molecular weight excluding hydrogens is 268 g/mol. The van der Waals surface area contributed by atoms with E-state index in [0.29, 0.717) is 18.5 Å². The monoisotopic (exact) mass is 288 g/mol. The van der Waals surface area contributed by atoms with Gasteiger partial charge < -0.3 is 16.0 Å². The molecule has 21 heavy (non-hydrogen) atoms. The molecule has 0 saturated heterocycles. The van der Waals surface area contributed by atoms with Crippen molar-refractivity contribution in [3.8, 4) is 5.69 Å². The number of anilines is 1. The zero-order valence-electron chi connectivity index (χ0n) is 12.2. The van der Waals surface area contributed by atoms with Gasteiger partial charge in [-0.25, -0.2) is 4.79 Å². The van der Waals surface area contributed by atoms with E-state index in [1.54, 1.807) is 36.7 Å². The Morgan fingerprint density at radius 3 is 2.38 bits per heavy atom. The van der Waals surface area contributed by atoms with Gasteiger partial charge >= 0.3 is 5.69 Å². The molecule has 1 amide bonds. The summed E-state index contributed by atoms with van der Waals surface area (Å²) in [4.78, 5) is 26.3. The van der Waals surface area contributed by atoms with Crippen molar-refractivity contribution in [3.63, 3.8) is 0 Å². The molecule has 2 rings (SSSR count). The first kappa shape index (κ1) is 15.1. The number of benzene rings is 1. The van der Waals surface area contributed by atoms with Gasteiger partial charge in [0.1, 0.15) is 0 Å². The maximum absolute atomic E-state index is 12.2. The molecule has 0 atom stereocenters. The third-order valence-corrected chi connectivity index (χ3v) is 3.77. The largest absolute Gasteiger partial charge is 0.330 e. The number of hydrogen-bond acceptors (Lipinski definition) is 3. The standard InChI is InChI=1S/C15H20N4O2/c1-3-15(16,4-2)13(20)18-11-5-7-12(8-6-11)19-10-9-17-14(19)21/h5-10H,3-4,16H2,1-2H3,(H,17,21)(H,18,20). The Balaban J connectivity index is 2.15. The summed E-state index contributed by atoms with van der Waals surface area (Å²) in [6.45, 7) is 3.79. The number of carbonyl (C=O) groups is 1. The van der Waals surface area contributed by atoms with E-state index >= 15 is 0 Å². The van der Waals surface area contributed by atoms with Crippen LogP contribution < -0.4 is 16.7 Å². The number of imidazole rings is 1. The fourth-order valence-corrected chi connectivity index (χ4v) is 2.06. The van der Waals surface area contributed by atoms with Crippen LogP contribution in [0.4, 0.5) is 5.69 Å². The van der Waals surface area contributed by atoms with Gasteiger partial charge in [-0.3, -0.25) is 9.36 Å². The number of nitrogens with two attached hydrogens (primary N) is 1. The summed E-state index contributed by atoms with van der Waals surface area (Å²) >= 11 is 0. The van der Waals surface area contributed by atoms with Crippen LogP contribution in [0.1, 0.15) is 26.7 Å². The molecule has 1 aromatic carbocycles. The second-order valence-corrected chi connectivity index (χ2v) is 5.00. The molecule has 6 heteroatoms. The summed E-state index contributed by atoms with van der Waals surface area (Å²) in [7, 11) is 0. The number of rotatable bonds is 5. The summed E-state index contributed by atoms with van der Waals surface area (Å²) in [5, 5.41) is 2.81. The molecular formula is C15H20N4O2. The average molecular weight is 288 g/mol. The SMILES string of the molecule is CCC(N)(CC)C(=O)Nc1ccc(-n2cc[nH]c2=O)cc1. The summed E-state index contributed by atoms with van der Waals surface area (Å²) in [6, 6.07) is 7.03. The highest BCUT2D eigenvalue weighted by Gasteiger charge is 2.29. The van der Waals surface area contributed by atoms with E-state index in [1.807, 2.05) is 13.8 Å². The van der Waals surface area contributed by atoms with E-state index < -0.39 is 5.54 Å². The summed E-state index contributed by atoms with van der Waals surface area (Å²) in [6.07, 6.45) is 4.37. The van der Waals surface area contributed by atoms with Gasteiger partial charge in [-0.2, -0.15) is 0 Å². The maximum Gasteiger partial charge on any atom is 0.330 e. The molecule has 4 N–H and O–H groups in total. The van der Waals surface area contributed by atoms with Crippen LogP contribution in [0.2, 0.25) is 0 Å². The van der Waals surface area contributed by atoms with Crippen molar-refractivity contribution in [2.45, 2.75) is 32.2 Å². The highest BCUT2D eigenvalue weighted by molar-refractivity contribution is 5.97. The lowest BCUT2D eigenvalue weighted by Crippen LogP contribution is -2.50. The third kappa shape index (κ3) is 3.05. The van der Waals surface area contributed by atoms with Crippen molar-refractivity contribution < 1.29 is 4.79 Å². The molecule has 6 nitrogen and oxygen atoms in total. The molecule has 0 aliphatic heterocycles. The van der Waals surface area contributed by atoms with Gasteiger partial charge in [-0.1, -0.05) is 13.8 Å². The second kappa shape index (κ2) is 5.97. The Morgan fingerprint density at radius 1 is 1.29 bits per heavy atom. The molecule has 0 fully saturated rings. The van der Waals surface area contributed by atoms with Gasteiger partial charge in [-0.05, 0) is 37.1 Å². The number of H-pyrrole nitrogens is 1. The number of hydrogen-bond donors (Lipinski definition) is 3. The van der Waals surface area contributed by atoms with Crippen molar-refractivity contribution in [1.82, 2.24) is 9.55 Å². The van der Waals surface area contributed by atoms with Gasteiger partial charge in [-0.15, -0.1) is 0 Å². The first-order valence-electron chi connectivity index (χ1n) is 6.97.